The molecule has 0 aromatic carbocycles. The van der Waals surface area contributed by atoms with Gasteiger partial charge < -0.3 is 4.90 Å². The summed E-state index contributed by atoms with van der Waals surface area (Å²) in [6, 6.07) is 0.0108. The van der Waals surface area contributed by atoms with Gasteiger partial charge in [0.15, 0.2) is 0 Å². The molecule has 1 aliphatic heterocycles. The van der Waals surface area contributed by atoms with E-state index < -0.39 is 0 Å². The van der Waals surface area contributed by atoms with Crippen LogP contribution in [0.15, 0.2) is 0 Å². The fraction of sp³-hybridized carbons (Fsp3) is 0.923. The molecule has 1 heterocycles. The van der Waals surface area contributed by atoms with E-state index in [1.165, 1.54) is 0 Å². The molecule has 3 nitrogen and oxygen atoms in total. The number of hydrogen-bond acceptors (Lipinski definition) is 3. The highest BCUT2D eigenvalue weighted by atomic mass is 32.2. The zero-order valence-electron chi connectivity index (χ0n) is 11.7. The molecule has 0 aliphatic carbocycles. The minimum atomic E-state index is 0.0108. The first-order chi connectivity index (χ1) is 7.99. The molecule has 1 amide bonds. The van der Waals surface area contributed by atoms with Crippen molar-refractivity contribution in [2.75, 3.05) is 18.6 Å². The molecule has 0 saturated carbocycles. The molecule has 1 saturated heterocycles. The average Bonchev–Trinajstić information content (AvgIpc) is 2.57. The first kappa shape index (κ1) is 14.8. The Balaban J connectivity index is 2.65. The Morgan fingerprint density at radius 2 is 1.94 bits per heavy atom. The molecule has 17 heavy (non-hydrogen) atoms. The number of nitrogens with one attached hydrogen (secondary N) is 1. The maximum Gasteiger partial charge on any atom is 0.241 e. The van der Waals surface area contributed by atoms with Gasteiger partial charge in [0, 0.05) is 6.54 Å². The molecule has 0 aromatic rings. The van der Waals surface area contributed by atoms with Crippen LogP contribution in [0.4, 0.5) is 0 Å². The summed E-state index contributed by atoms with van der Waals surface area (Å²) in [5.41, 5.74) is 0. The van der Waals surface area contributed by atoms with Crippen molar-refractivity contribution in [3.63, 3.8) is 0 Å². The molecule has 1 rings (SSSR count). The SMILES string of the molecule is CSCCCN1C(=O)C(C(C)C)NC1C(C)C. The lowest BCUT2D eigenvalue weighted by atomic mass is 10.0. The zero-order valence-corrected chi connectivity index (χ0v) is 12.5. The standard InChI is InChI=1S/C13H26N2OS/c1-9(2)11-13(16)15(7-6-8-17-5)12(14-11)10(3)4/h9-12,14H,6-8H2,1-5H3. The van der Waals surface area contributed by atoms with E-state index in [0.717, 1.165) is 18.7 Å². The molecule has 1 fully saturated rings. The van der Waals surface area contributed by atoms with Crippen molar-refractivity contribution >= 4 is 17.7 Å². The van der Waals surface area contributed by atoms with E-state index in [2.05, 4.69) is 39.3 Å². The van der Waals surface area contributed by atoms with Crippen LogP contribution in [0.5, 0.6) is 0 Å². The van der Waals surface area contributed by atoms with Crippen molar-refractivity contribution in [2.45, 2.75) is 46.3 Å². The van der Waals surface area contributed by atoms with Crippen molar-refractivity contribution in [3.8, 4) is 0 Å². The summed E-state index contributed by atoms with van der Waals surface area (Å²) >= 11 is 1.84. The van der Waals surface area contributed by atoms with E-state index >= 15 is 0 Å². The average molecular weight is 258 g/mol. The molecule has 0 aromatic heterocycles. The maximum absolute atomic E-state index is 12.3. The molecule has 2 unspecified atom stereocenters. The number of rotatable bonds is 6. The van der Waals surface area contributed by atoms with E-state index in [1.807, 2.05) is 16.7 Å². The third-order valence-corrected chi connectivity index (χ3v) is 3.98. The smallest absolute Gasteiger partial charge is 0.241 e. The van der Waals surface area contributed by atoms with Gasteiger partial charge in [-0.2, -0.15) is 11.8 Å². The topological polar surface area (TPSA) is 32.3 Å². The van der Waals surface area contributed by atoms with E-state index in [1.54, 1.807) is 0 Å². The summed E-state index contributed by atoms with van der Waals surface area (Å²) in [5, 5.41) is 3.49. The highest BCUT2D eigenvalue weighted by molar-refractivity contribution is 7.98. The van der Waals surface area contributed by atoms with E-state index in [0.29, 0.717) is 17.7 Å². The third kappa shape index (κ3) is 3.62. The predicted molar refractivity (Wildman–Crippen MR) is 75.1 cm³/mol. The lowest BCUT2D eigenvalue weighted by Crippen LogP contribution is -2.42. The Kier molecular flexibility index (Phi) is 5.80. The minimum Gasteiger partial charge on any atom is -0.325 e. The predicted octanol–water partition coefficient (Wildman–Crippen LogP) is 2.18. The van der Waals surface area contributed by atoms with Gasteiger partial charge in [0.2, 0.25) is 5.91 Å². The number of hydrogen-bond donors (Lipinski definition) is 1. The van der Waals surface area contributed by atoms with Gasteiger partial charge in [-0.1, -0.05) is 27.7 Å². The van der Waals surface area contributed by atoms with E-state index in [-0.39, 0.29) is 12.2 Å². The molecular formula is C13H26N2OS. The molecule has 4 heteroatoms. The Morgan fingerprint density at radius 1 is 1.29 bits per heavy atom. The Bertz CT molecular complexity index is 256. The van der Waals surface area contributed by atoms with E-state index in [9.17, 15) is 4.79 Å². The van der Waals surface area contributed by atoms with Gasteiger partial charge in [0.05, 0.1) is 12.2 Å². The van der Waals surface area contributed by atoms with Crippen LogP contribution in [0.2, 0.25) is 0 Å². The highest BCUT2D eigenvalue weighted by Gasteiger charge is 2.40. The van der Waals surface area contributed by atoms with Crippen LogP contribution in [0.3, 0.4) is 0 Å². The number of amides is 1. The van der Waals surface area contributed by atoms with Crippen LogP contribution in [0.25, 0.3) is 0 Å². The largest absolute Gasteiger partial charge is 0.325 e. The molecule has 0 spiro atoms. The summed E-state index contributed by atoms with van der Waals surface area (Å²) < 4.78 is 0. The van der Waals surface area contributed by atoms with E-state index in [4.69, 9.17) is 0 Å². The summed E-state index contributed by atoms with van der Waals surface area (Å²) in [6.45, 7) is 9.46. The first-order valence-electron chi connectivity index (χ1n) is 6.54. The molecule has 0 radical (unpaired) electrons. The fourth-order valence-electron chi connectivity index (χ4n) is 2.32. The lowest BCUT2D eigenvalue weighted by molar-refractivity contribution is -0.131. The second kappa shape index (κ2) is 6.64. The Morgan fingerprint density at radius 3 is 2.41 bits per heavy atom. The van der Waals surface area contributed by atoms with Crippen LogP contribution in [0.1, 0.15) is 34.1 Å². The van der Waals surface area contributed by atoms with Gasteiger partial charge in [-0.3, -0.25) is 10.1 Å². The zero-order chi connectivity index (χ0) is 13.0. The Labute approximate surface area is 110 Å². The third-order valence-electron chi connectivity index (χ3n) is 3.28. The fourth-order valence-corrected chi connectivity index (χ4v) is 2.74. The van der Waals surface area contributed by atoms with Crippen molar-refractivity contribution in [1.29, 1.82) is 0 Å². The highest BCUT2D eigenvalue weighted by Crippen LogP contribution is 2.22. The summed E-state index contributed by atoms with van der Waals surface area (Å²) in [6.07, 6.45) is 3.42. The monoisotopic (exact) mass is 258 g/mol. The van der Waals surface area contributed by atoms with Crippen molar-refractivity contribution in [3.05, 3.63) is 0 Å². The van der Waals surface area contributed by atoms with Gasteiger partial charge in [0.25, 0.3) is 0 Å². The van der Waals surface area contributed by atoms with Crippen LogP contribution >= 0.6 is 11.8 Å². The molecule has 0 bridgehead atoms. The van der Waals surface area contributed by atoms with Crippen molar-refractivity contribution in [1.82, 2.24) is 10.2 Å². The van der Waals surface area contributed by atoms with Gasteiger partial charge in [0.1, 0.15) is 0 Å². The first-order valence-corrected chi connectivity index (χ1v) is 7.94. The van der Waals surface area contributed by atoms with Crippen LogP contribution in [0, 0.1) is 11.8 Å². The summed E-state index contributed by atoms with van der Waals surface area (Å²) in [5.74, 6) is 2.26. The molecular weight excluding hydrogens is 232 g/mol. The number of carbonyl (C=O) groups excluding carboxylic acids is 1. The van der Waals surface area contributed by atoms with Gasteiger partial charge in [-0.05, 0) is 30.3 Å². The lowest BCUT2D eigenvalue weighted by Gasteiger charge is -2.27. The van der Waals surface area contributed by atoms with Crippen LogP contribution in [-0.2, 0) is 4.79 Å². The minimum absolute atomic E-state index is 0.0108. The van der Waals surface area contributed by atoms with Gasteiger partial charge >= 0.3 is 0 Å². The van der Waals surface area contributed by atoms with Gasteiger partial charge in [-0.15, -0.1) is 0 Å². The Hall–Kier alpha value is -0.220. The molecule has 100 valence electrons. The summed E-state index contributed by atoms with van der Waals surface area (Å²) in [7, 11) is 0. The summed E-state index contributed by atoms with van der Waals surface area (Å²) in [4.78, 5) is 14.4. The second-order valence-corrected chi connectivity index (χ2v) is 6.44. The van der Waals surface area contributed by atoms with Gasteiger partial charge in [-0.25, -0.2) is 0 Å². The molecule has 2 atom stereocenters. The molecule has 1 N–H and O–H groups in total. The number of carbonyl (C=O) groups is 1. The van der Waals surface area contributed by atoms with Crippen molar-refractivity contribution < 1.29 is 4.79 Å². The second-order valence-electron chi connectivity index (χ2n) is 5.46. The normalized spacial score (nSPS) is 25.4. The van der Waals surface area contributed by atoms with Crippen LogP contribution < -0.4 is 5.32 Å². The maximum atomic E-state index is 12.3. The number of thioether (sulfide) groups is 1. The quantitative estimate of drug-likeness (QED) is 0.741. The molecule has 1 aliphatic rings. The van der Waals surface area contributed by atoms with Crippen LogP contribution in [-0.4, -0.2) is 41.6 Å². The number of nitrogens with zero attached hydrogens (tertiary/aromatic N) is 1. The van der Waals surface area contributed by atoms with Crippen molar-refractivity contribution in [2.24, 2.45) is 11.8 Å².